The fourth-order valence-electron chi connectivity index (χ4n) is 1.29. The molecule has 0 saturated heterocycles. The maximum atomic E-state index is 11.7. The van der Waals surface area contributed by atoms with Gasteiger partial charge in [0.2, 0.25) is 5.78 Å². The Labute approximate surface area is 107 Å². The number of aromatic nitrogens is 2. The molecular weight excluding hydrogens is 280 g/mol. The van der Waals surface area contributed by atoms with Crippen molar-refractivity contribution >= 4 is 27.8 Å². The van der Waals surface area contributed by atoms with Gasteiger partial charge >= 0.3 is 0 Å². The van der Waals surface area contributed by atoms with Crippen LogP contribution in [0.4, 0.5) is 0 Å². The van der Waals surface area contributed by atoms with Gasteiger partial charge in [0.15, 0.2) is 0 Å². The average molecular weight is 289 g/mol. The van der Waals surface area contributed by atoms with Crippen LogP contribution < -0.4 is 0 Å². The third-order valence-corrected chi connectivity index (χ3v) is 2.86. The standard InChI is InChI=1S/C13H9BrN2O/c14-11-4-2-1-3-10(11)5-6-13(17)12-9-15-7-8-16-12/h1-9H/b6-5+. The van der Waals surface area contributed by atoms with Crippen molar-refractivity contribution in [2.24, 2.45) is 0 Å². The van der Waals surface area contributed by atoms with Gasteiger partial charge in [-0.15, -0.1) is 0 Å². The normalized spacial score (nSPS) is 10.6. The Morgan fingerprint density at radius 2 is 2.06 bits per heavy atom. The first-order chi connectivity index (χ1) is 8.27. The van der Waals surface area contributed by atoms with E-state index in [1.165, 1.54) is 24.7 Å². The number of allylic oxidation sites excluding steroid dienone is 1. The lowest BCUT2D eigenvalue weighted by Gasteiger charge is -1.96. The summed E-state index contributed by atoms with van der Waals surface area (Å²) in [4.78, 5) is 19.5. The van der Waals surface area contributed by atoms with Crippen molar-refractivity contribution in [2.75, 3.05) is 0 Å². The first kappa shape index (κ1) is 11.7. The maximum absolute atomic E-state index is 11.7. The summed E-state index contributed by atoms with van der Waals surface area (Å²) in [6.07, 6.45) is 7.73. The average Bonchev–Trinajstić information content (AvgIpc) is 2.38. The molecule has 1 aromatic carbocycles. The second-order valence-corrected chi connectivity index (χ2v) is 4.16. The molecule has 1 heterocycles. The highest BCUT2D eigenvalue weighted by molar-refractivity contribution is 9.10. The zero-order chi connectivity index (χ0) is 12.1. The second kappa shape index (κ2) is 5.50. The quantitative estimate of drug-likeness (QED) is 0.644. The Morgan fingerprint density at radius 1 is 1.24 bits per heavy atom. The zero-order valence-corrected chi connectivity index (χ0v) is 10.5. The Balaban J connectivity index is 2.17. The third kappa shape index (κ3) is 3.07. The third-order valence-electron chi connectivity index (χ3n) is 2.14. The van der Waals surface area contributed by atoms with Gasteiger partial charge in [0, 0.05) is 16.9 Å². The summed E-state index contributed by atoms with van der Waals surface area (Å²) in [7, 11) is 0. The molecular formula is C13H9BrN2O. The first-order valence-corrected chi connectivity index (χ1v) is 5.79. The van der Waals surface area contributed by atoms with E-state index < -0.39 is 0 Å². The highest BCUT2D eigenvalue weighted by Crippen LogP contribution is 2.17. The molecule has 0 aliphatic rings. The number of carbonyl (C=O) groups is 1. The number of halogens is 1. The molecule has 0 saturated carbocycles. The minimum Gasteiger partial charge on any atom is -0.287 e. The Morgan fingerprint density at radius 3 is 2.76 bits per heavy atom. The summed E-state index contributed by atoms with van der Waals surface area (Å²) < 4.78 is 0.947. The van der Waals surface area contributed by atoms with Crippen LogP contribution in [0.25, 0.3) is 6.08 Å². The van der Waals surface area contributed by atoms with E-state index in [-0.39, 0.29) is 5.78 Å². The van der Waals surface area contributed by atoms with Gasteiger partial charge in [-0.3, -0.25) is 9.78 Å². The largest absolute Gasteiger partial charge is 0.287 e. The van der Waals surface area contributed by atoms with Gasteiger partial charge in [0.25, 0.3) is 0 Å². The smallest absolute Gasteiger partial charge is 0.205 e. The molecule has 0 bridgehead atoms. The molecule has 3 nitrogen and oxygen atoms in total. The molecule has 0 aliphatic carbocycles. The van der Waals surface area contributed by atoms with E-state index in [0.717, 1.165) is 10.0 Å². The number of rotatable bonds is 3. The van der Waals surface area contributed by atoms with Crippen molar-refractivity contribution in [3.8, 4) is 0 Å². The lowest BCUT2D eigenvalue weighted by atomic mass is 10.2. The second-order valence-electron chi connectivity index (χ2n) is 3.31. The van der Waals surface area contributed by atoms with Gasteiger partial charge in [-0.05, 0) is 23.8 Å². The van der Waals surface area contributed by atoms with Crippen LogP contribution in [-0.2, 0) is 0 Å². The monoisotopic (exact) mass is 288 g/mol. The van der Waals surface area contributed by atoms with Crippen LogP contribution in [-0.4, -0.2) is 15.8 Å². The molecule has 84 valence electrons. The predicted molar refractivity (Wildman–Crippen MR) is 69.5 cm³/mol. The van der Waals surface area contributed by atoms with Gasteiger partial charge in [-0.25, -0.2) is 4.98 Å². The molecule has 0 atom stereocenters. The van der Waals surface area contributed by atoms with Crippen LogP contribution >= 0.6 is 15.9 Å². The Bertz CT molecular complexity index is 552. The highest BCUT2D eigenvalue weighted by atomic mass is 79.9. The molecule has 2 rings (SSSR count). The van der Waals surface area contributed by atoms with Crippen molar-refractivity contribution in [1.82, 2.24) is 9.97 Å². The molecule has 17 heavy (non-hydrogen) atoms. The van der Waals surface area contributed by atoms with Gasteiger partial charge in [-0.1, -0.05) is 34.1 Å². The van der Waals surface area contributed by atoms with Crippen molar-refractivity contribution in [3.63, 3.8) is 0 Å². The number of nitrogens with zero attached hydrogens (tertiary/aromatic N) is 2. The lowest BCUT2D eigenvalue weighted by molar-refractivity contribution is 0.104. The SMILES string of the molecule is O=C(/C=C/c1ccccc1Br)c1cnccn1. The van der Waals surface area contributed by atoms with Gasteiger partial charge in [0.05, 0.1) is 6.20 Å². The lowest BCUT2D eigenvalue weighted by Crippen LogP contribution is -1.98. The van der Waals surface area contributed by atoms with Crippen molar-refractivity contribution in [2.45, 2.75) is 0 Å². The van der Waals surface area contributed by atoms with Crippen LogP contribution in [0.2, 0.25) is 0 Å². The van der Waals surface area contributed by atoms with Gasteiger partial charge < -0.3 is 0 Å². The molecule has 0 N–H and O–H groups in total. The van der Waals surface area contributed by atoms with Crippen LogP contribution in [0.1, 0.15) is 16.1 Å². The van der Waals surface area contributed by atoms with Crippen LogP contribution in [0.5, 0.6) is 0 Å². The number of hydrogen-bond donors (Lipinski definition) is 0. The van der Waals surface area contributed by atoms with E-state index in [1.54, 1.807) is 6.08 Å². The topological polar surface area (TPSA) is 42.9 Å². The van der Waals surface area contributed by atoms with E-state index in [1.807, 2.05) is 24.3 Å². The van der Waals surface area contributed by atoms with Crippen LogP contribution in [0.15, 0.2) is 53.4 Å². The summed E-state index contributed by atoms with van der Waals surface area (Å²) in [5.74, 6) is -0.158. The number of hydrogen-bond acceptors (Lipinski definition) is 3. The Kier molecular flexibility index (Phi) is 3.77. The van der Waals surface area contributed by atoms with Crippen LogP contribution in [0, 0.1) is 0 Å². The van der Waals surface area contributed by atoms with E-state index in [4.69, 9.17) is 0 Å². The van der Waals surface area contributed by atoms with E-state index in [0.29, 0.717) is 5.69 Å². The minimum absolute atomic E-state index is 0.158. The molecule has 1 aromatic heterocycles. The molecule has 0 fully saturated rings. The molecule has 0 amide bonds. The molecule has 0 radical (unpaired) electrons. The van der Waals surface area contributed by atoms with Crippen molar-refractivity contribution in [3.05, 3.63) is 64.7 Å². The molecule has 4 heteroatoms. The van der Waals surface area contributed by atoms with Crippen molar-refractivity contribution in [1.29, 1.82) is 0 Å². The summed E-state index contributed by atoms with van der Waals surface area (Å²) >= 11 is 3.41. The molecule has 0 spiro atoms. The van der Waals surface area contributed by atoms with Crippen molar-refractivity contribution < 1.29 is 4.79 Å². The van der Waals surface area contributed by atoms with E-state index in [2.05, 4.69) is 25.9 Å². The molecule has 2 aromatic rings. The van der Waals surface area contributed by atoms with Gasteiger partial charge in [-0.2, -0.15) is 0 Å². The summed E-state index contributed by atoms with van der Waals surface area (Å²) in [6, 6.07) is 7.68. The fraction of sp³-hybridized carbons (Fsp3) is 0. The molecule has 0 aliphatic heterocycles. The number of ketones is 1. The molecule has 0 unspecified atom stereocenters. The first-order valence-electron chi connectivity index (χ1n) is 5.00. The minimum atomic E-state index is -0.158. The summed E-state index contributed by atoms with van der Waals surface area (Å²) in [5.41, 5.74) is 1.29. The Hall–Kier alpha value is -1.81. The predicted octanol–water partition coefficient (Wildman–Crippen LogP) is 3.14. The van der Waals surface area contributed by atoms with E-state index in [9.17, 15) is 4.79 Å². The van der Waals surface area contributed by atoms with Gasteiger partial charge in [0.1, 0.15) is 5.69 Å². The van der Waals surface area contributed by atoms with Crippen LogP contribution in [0.3, 0.4) is 0 Å². The number of benzene rings is 1. The van der Waals surface area contributed by atoms with E-state index >= 15 is 0 Å². The zero-order valence-electron chi connectivity index (χ0n) is 8.88. The number of carbonyl (C=O) groups excluding carboxylic acids is 1. The summed E-state index contributed by atoms with van der Waals surface area (Å²) in [5, 5.41) is 0. The summed E-state index contributed by atoms with van der Waals surface area (Å²) in [6.45, 7) is 0. The highest BCUT2D eigenvalue weighted by Gasteiger charge is 2.02. The fourth-order valence-corrected chi connectivity index (χ4v) is 1.70. The maximum Gasteiger partial charge on any atom is 0.205 e.